The number of benzene rings is 1. The molecule has 1 aliphatic carbocycles. The van der Waals surface area contributed by atoms with Crippen LogP contribution in [0, 0.1) is 0 Å². The Morgan fingerprint density at radius 2 is 1.90 bits per heavy atom. The van der Waals surface area contributed by atoms with Crippen molar-refractivity contribution in [2.75, 3.05) is 19.3 Å². The predicted molar refractivity (Wildman–Crippen MR) is 92.9 cm³/mol. The highest BCUT2D eigenvalue weighted by molar-refractivity contribution is 7.99. The van der Waals surface area contributed by atoms with Crippen LogP contribution in [0.25, 0.3) is 0 Å². The van der Waals surface area contributed by atoms with Gasteiger partial charge in [0, 0.05) is 36.5 Å². The van der Waals surface area contributed by atoms with Crippen molar-refractivity contribution in [3.05, 3.63) is 35.9 Å². The van der Waals surface area contributed by atoms with Crippen molar-refractivity contribution in [2.45, 2.75) is 56.0 Å². The fourth-order valence-corrected chi connectivity index (χ4v) is 5.00. The highest BCUT2D eigenvalue weighted by atomic mass is 32.2. The molecule has 3 heteroatoms. The molecule has 2 aliphatic rings. The second kappa shape index (κ2) is 7.17. The third-order valence-electron chi connectivity index (χ3n) is 5.22. The van der Waals surface area contributed by atoms with Gasteiger partial charge in [-0.05, 0) is 31.6 Å². The minimum absolute atomic E-state index is 0.492. The van der Waals surface area contributed by atoms with Gasteiger partial charge in [-0.3, -0.25) is 4.90 Å². The number of nitrogens with zero attached hydrogens (tertiary/aromatic N) is 1. The maximum Gasteiger partial charge on any atom is 0.0450 e. The molecule has 21 heavy (non-hydrogen) atoms. The largest absolute Gasteiger partial charge is 0.307 e. The van der Waals surface area contributed by atoms with Crippen LogP contribution >= 0.6 is 11.8 Å². The van der Waals surface area contributed by atoms with Gasteiger partial charge in [0.05, 0.1) is 0 Å². The fourth-order valence-electron chi connectivity index (χ4n) is 3.99. The van der Waals surface area contributed by atoms with Crippen LogP contribution in [0.5, 0.6) is 0 Å². The number of rotatable bonds is 3. The van der Waals surface area contributed by atoms with E-state index < -0.39 is 0 Å². The van der Waals surface area contributed by atoms with Gasteiger partial charge in [0.1, 0.15) is 0 Å². The lowest BCUT2D eigenvalue weighted by Gasteiger charge is -2.47. The van der Waals surface area contributed by atoms with Gasteiger partial charge in [0.25, 0.3) is 0 Å². The first-order valence-electron chi connectivity index (χ1n) is 8.36. The molecular weight excluding hydrogens is 276 g/mol. The molecule has 0 aromatic heterocycles. The van der Waals surface area contributed by atoms with E-state index in [1.807, 2.05) is 0 Å². The summed E-state index contributed by atoms with van der Waals surface area (Å²) < 4.78 is 0. The maximum atomic E-state index is 3.74. The van der Waals surface area contributed by atoms with Gasteiger partial charge in [-0.25, -0.2) is 0 Å². The Morgan fingerprint density at radius 1 is 1.14 bits per heavy atom. The fraction of sp³-hybridized carbons (Fsp3) is 0.667. The standard InChI is InChI=1S/C18H28N2S/c1-14-12-19-16(15-8-4-3-5-9-15)13-20(14)17-10-6-7-11-18(17)21-2/h3-5,8-9,14,16-19H,6-7,10-13H2,1-2H3. The molecule has 1 saturated carbocycles. The van der Waals surface area contributed by atoms with Crippen LogP contribution in [-0.2, 0) is 0 Å². The van der Waals surface area contributed by atoms with E-state index in [-0.39, 0.29) is 0 Å². The molecule has 4 atom stereocenters. The van der Waals surface area contributed by atoms with Crippen molar-refractivity contribution in [3.8, 4) is 0 Å². The Morgan fingerprint density at radius 3 is 2.67 bits per heavy atom. The van der Waals surface area contributed by atoms with Crippen LogP contribution in [-0.4, -0.2) is 41.6 Å². The summed E-state index contributed by atoms with van der Waals surface area (Å²) in [5.41, 5.74) is 1.44. The van der Waals surface area contributed by atoms with Crippen molar-refractivity contribution < 1.29 is 0 Å². The topological polar surface area (TPSA) is 15.3 Å². The molecular formula is C18H28N2S. The Kier molecular flexibility index (Phi) is 5.25. The highest BCUT2D eigenvalue weighted by Gasteiger charge is 2.36. The first-order chi connectivity index (χ1) is 10.3. The van der Waals surface area contributed by atoms with E-state index in [0.29, 0.717) is 12.1 Å². The molecule has 2 nitrogen and oxygen atoms in total. The van der Waals surface area contributed by atoms with Crippen LogP contribution in [0.3, 0.4) is 0 Å². The summed E-state index contributed by atoms with van der Waals surface area (Å²) in [7, 11) is 0. The number of hydrogen-bond donors (Lipinski definition) is 1. The van der Waals surface area contributed by atoms with Gasteiger partial charge in [0.2, 0.25) is 0 Å². The van der Waals surface area contributed by atoms with E-state index in [4.69, 9.17) is 0 Å². The van der Waals surface area contributed by atoms with Crippen molar-refractivity contribution in [3.63, 3.8) is 0 Å². The quantitative estimate of drug-likeness (QED) is 0.917. The van der Waals surface area contributed by atoms with E-state index >= 15 is 0 Å². The van der Waals surface area contributed by atoms with E-state index in [2.05, 4.69) is 65.5 Å². The Hall–Kier alpha value is -0.510. The summed E-state index contributed by atoms with van der Waals surface area (Å²) in [4.78, 5) is 2.80. The zero-order valence-corrected chi connectivity index (χ0v) is 14.1. The van der Waals surface area contributed by atoms with Crippen molar-refractivity contribution >= 4 is 11.8 Å². The molecule has 0 bridgehead atoms. The summed E-state index contributed by atoms with van der Waals surface area (Å²) in [5, 5.41) is 4.57. The smallest absolute Gasteiger partial charge is 0.0450 e. The minimum Gasteiger partial charge on any atom is -0.307 e. The van der Waals surface area contributed by atoms with Gasteiger partial charge < -0.3 is 5.32 Å². The van der Waals surface area contributed by atoms with Crippen molar-refractivity contribution in [2.24, 2.45) is 0 Å². The predicted octanol–water partition coefficient (Wildman–Crippen LogP) is 3.70. The molecule has 1 N–H and O–H groups in total. The molecule has 1 aliphatic heterocycles. The summed E-state index contributed by atoms with van der Waals surface area (Å²) >= 11 is 2.08. The molecule has 1 aromatic carbocycles. The second-order valence-corrected chi connectivity index (χ2v) is 7.62. The summed E-state index contributed by atoms with van der Waals surface area (Å²) in [6, 6.07) is 12.9. The van der Waals surface area contributed by atoms with Crippen LogP contribution in [0.1, 0.15) is 44.2 Å². The molecule has 0 spiro atoms. The first kappa shape index (κ1) is 15.4. The van der Waals surface area contributed by atoms with E-state index in [1.165, 1.54) is 31.2 Å². The number of piperazine rings is 1. The Bertz CT molecular complexity index is 436. The summed E-state index contributed by atoms with van der Waals surface area (Å²) in [6.45, 7) is 4.66. The normalized spacial score (nSPS) is 34.8. The van der Waals surface area contributed by atoms with Crippen LogP contribution < -0.4 is 5.32 Å². The van der Waals surface area contributed by atoms with E-state index in [1.54, 1.807) is 0 Å². The number of thioether (sulfide) groups is 1. The van der Waals surface area contributed by atoms with Gasteiger partial charge in [-0.2, -0.15) is 11.8 Å². The Balaban J connectivity index is 1.74. The summed E-state index contributed by atoms with van der Waals surface area (Å²) in [6.07, 6.45) is 7.92. The zero-order valence-electron chi connectivity index (χ0n) is 13.3. The average Bonchev–Trinajstić information content (AvgIpc) is 2.56. The third kappa shape index (κ3) is 3.46. The molecule has 1 aromatic rings. The summed E-state index contributed by atoms with van der Waals surface area (Å²) in [5.74, 6) is 0. The zero-order chi connectivity index (χ0) is 14.7. The van der Waals surface area contributed by atoms with E-state index in [0.717, 1.165) is 24.4 Å². The lowest BCUT2D eigenvalue weighted by Crippen LogP contribution is -2.58. The SMILES string of the molecule is CSC1CCCCC1N1CC(c2ccccc2)NCC1C. The molecule has 4 unspecified atom stereocenters. The van der Waals surface area contributed by atoms with E-state index in [9.17, 15) is 0 Å². The van der Waals surface area contributed by atoms with Crippen molar-refractivity contribution in [1.29, 1.82) is 0 Å². The van der Waals surface area contributed by atoms with Crippen LogP contribution in [0.2, 0.25) is 0 Å². The lowest BCUT2D eigenvalue weighted by molar-refractivity contribution is 0.0735. The van der Waals surface area contributed by atoms with Crippen LogP contribution in [0.15, 0.2) is 30.3 Å². The number of hydrogen-bond acceptors (Lipinski definition) is 3. The lowest BCUT2D eigenvalue weighted by atomic mass is 9.90. The average molecular weight is 305 g/mol. The molecule has 0 amide bonds. The minimum atomic E-state index is 0.492. The molecule has 1 saturated heterocycles. The monoisotopic (exact) mass is 304 g/mol. The molecule has 116 valence electrons. The molecule has 3 rings (SSSR count). The number of nitrogens with one attached hydrogen (secondary N) is 1. The second-order valence-electron chi connectivity index (χ2n) is 6.54. The van der Waals surface area contributed by atoms with Gasteiger partial charge in [0.15, 0.2) is 0 Å². The highest BCUT2D eigenvalue weighted by Crippen LogP contribution is 2.34. The van der Waals surface area contributed by atoms with Gasteiger partial charge >= 0.3 is 0 Å². The molecule has 1 heterocycles. The van der Waals surface area contributed by atoms with Crippen molar-refractivity contribution in [1.82, 2.24) is 10.2 Å². The van der Waals surface area contributed by atoms with Gasteiger partial charge in [-0.15, -0.1) is 0 Å². The van der Waals surface area contributed by atoms with Crippen LogP contribution in [0.4, 0.5) is 0 Å². The Labute approximate surface area is 133 Å². The third-order valence-corrected chi connectivity index (χ3v) is 6.37. The maximum absolute atomic E-state index is 3.74. The molecule has 2 fully saturated rings. The van der Waals surface area contributed by atoms with Gasteiger partial charge in [-0.1, -0.05) is 43.2 Å². The first-order valence-corrected chi connectivity index (χ1v) is 9.65. The molecule has 0 radical (unpaired) electrons.